The largest absolute Gasteiger partial charge is 0.380 e. The summed E-state index contributed by atoms with van der Waals surface area (Å²) >= 11 is 17.3. The summed E-state index contributed by atoms with van der Waals surface area (Å²) < 4.78 is 0.800. The van der Waals surface area contributed by atoms with E-state index >= 15 is 0 Å². The van der Waals surface area contributed by atoms with Crippen molar-refractivity contribution in [2.45, 2.75) is 11.4 Å². The van der Waals surface area contributed by atoms with Gasteiger partial charge in [0.15, 0.2) is 0 Å². The number of nitrogens with one attached hydrogen (secondary N) is 1. The molecule has 1 N–H and O–H groups in total. The highest BCUT2D eigenvalue weighted by Gasteiger charge is 2.07. The van der Waals surface area contributed by atoms with Crippen LogP contribution in [0.1, 0.15) is 5.56 Å². The Kier molecular flexibility index (Phi) is 5.46. The smallest absolute Gasteiger partial charge is 0.0835 e. The fraction of sp³-hybridized carbons (Fsp3) is 0.143. The molecule has 0 aliphatic heterocycles. The highest BCUT2D eigenvalue weighted by molar-refractivity contribution is 9.10. The number of thioether (sulfide) groups is 1. The van der Waals surface area contributed by atoms with Crippen molar-refractivity contribution in [2.24, 2.45) is 0 Å². The number of anilines is 1. The van der Waals surface area contributed by atoms with Gasteiger partial charge in [-0.2, -0.15) is 0 Å². The fourth-order valence-electron chi connectivity index (χ4n) is 1.60. The molecule has 1 nitrogen and oxygen atoms in total. The zero-order valence-electron chi connectivity index (χ0n) is 10.2. The molecule has 0 radical (unpaired) electrons. The van der Waals surface area contributed by atoms with E-state index in [0.717, 1.165) is 10.2 Å². The second kappa shape index (κ2) is 6.89. The van der Waals surface area contributed by atoms with Crippen LogP contribution in [0.2, 0.25) is 10.0 Å². The summed E-state index contributed by atoms with van der Waals surface area (Å²) in [4.78, 5) is 1.26. The monoisotopic (exact) mass is 375 g/mol. The molecule has 100 valence electrons. The van der Waals surface area contributed by atoms with E-state index in [4.69, 9.17) is 23.2 Å². The van der Waals surface area contributed by atoms with Crippen molar-refractivity contribution in [2.75, 3.05) is 11.6 Å². The van der Waals surface area contributed by atoms with Crippen molar-refractivity contribution >= 4 is 56.6 Å². The van der Waals surface area contributed by atoms with Crippen LogP contribution in [0.4, 0.5) is 5.69 Å². The molecule has 0 aromatic heterocycles. The molecule has 0 bridgehead atoms. The maximum Gasteiger partial charge on any atom is 0.0835 e. The second-order valence-electron chi connectivity index (χ2n) is 3.92. The van der Waals surface area contributed by atoms with Gasteiger partial charge in [-0.1, -0.05) is 35.3 Å². The molecule has 0 saturated heterocycles. The van der Waals surface area contributed by atoms with Gasteiger partial charge in [0.2, 0.25) is 0 Å². The van der Waals surface area contributed by atoms with E-state index in [0.29, 0.717) is 16.6 Å². The van der Waals surface area contributed by atoms with Crippen molar-refractivity contribution in [1.29, 1.82) is 0 Å². The molecular formula is C14H12BrCl2NS. The van der Waals surface area contributed by atoms with Crippen LogP contribution in [0.15, 0.2) is 45.8 Å². The second-order valence-corrected chi connectivity index (χ2v) is 6.41. The number of hydrogen-bond acceptors (Lipinski definition) is 2. The molecule has 0 aliphatic rings. The summed E-state index contributed by atoms with van der Waals surface area (Å²) in [7, 11) is 0. The Bertz CT molecular complexity index is 572. The molecule has 0 heterocycles. The molecule has 0 aliphatic carbocycles. The average molecular weight is 377 g/mol. The molecular weight excluding hydrogens is 365 g/mol. The van der Waals surface area contributed by atoms with Gasteiger partial charge in [0.05, 0.1) is 15.7 Å². The first kappa shape index (κ1) is 15.0. The molecule has 0 fully saturated rings. The first-order valence-electron chi connectivity index (χ1n) is 5.62. The van der Waals surface area contributed by atoms with Crippen LogP contribution in [-0.2, 0) is 6.54 Å². The molecule has 2 rings (SSSR count). The lowest BCUT2D eigenvalue weighted by Gasteiger charge is -2.10. The first-order valence-corrected chi connectivity index (χ1v) is 8.39. The number of rotatable bonds is 4. The standard InChI is InChI=1S/C14H12BrCl2NS/c1-19-10-4-2-9(3-5-10)8-18-12-7-6-11(15)13(16)14(12)17/h2-7,18H,8H2,1H3. The zero-order valence-corrected chi connectivity index (χ0v) is 14.1. The summed E-state index contributed by atoms with van der Waals surface area (Å²) in [5, 5.41) is 4.36. The van der Waals surface area contributed by atoms with Gasteiger partial charge in [0.25, 0.3) is 0 Å². The van der Waals surface area contributed by atoms with Crippen LogP contribution < -0.4 is 5.32 Å². The lowest BCUT2D eigenvalue weighted by Crippen LogP contribution is -2.00. The van der Waals surface area contributed by atoms with Crippen LogP contribution in [0.25, 0.3) is 0 Å². The van der Waals surface area contributed by atoms with Crippen LogP contribution in [-0.4, -0.2) is 6.26 Å². The SMILES string of the molecule is CSc1ccc(CNc2ccc(Br)c(Cl)c2Cl)cc1. The van der Waals surface area contributed by atoms with E-state index in [2.05, 4.69) is 51.8 Å². The van der Waals surface area contributed by atoms with E-state index in [9.17, 15) is 0 Å². The lowest BCUT2D eigenvalue weighted by atomic mass is 10.2. The van der Waals surface area contributed by atoms with Gasteiger partial charge in [-0.05, 0) is 52.0 Å². The quantitative estimate of drug-likeness (QED) is 0.511. The van der Waals surface area contributed by atoms with Crippen molar-refractivity contribution in [3.63, 3.8) is 0 Å². The van der Waals surface area contributed by atoms with Crippen LogP contribution >= 0.6 is 50.9 Å². The normalized spacial score (nSPS) is 10.5. The third-order valence-electron chi connectivity index (χ3n) is 2.68. The Morgan fingerprint density at radius 1 is 1.05 bits per heavy atom. The van der Waals surface area contributed by atoms with Gasteiger partial charge in [0.1, 0.15) is 0 Å². The maximum absolute atomic E-state index is 6.18. The average Bonchev–Trinajstić information content (AvgIpc) is 2.45. The number of benzene rings is 2. The molecule has 2 aromatic rings. The third kappa shape index (κ3) is 3.82. The molecule has 0 amide bonds. The third-order valence-corrected chi connectivity index (χ3v) is 5.19. The van der Waals surface area contributed by atoms with Gasteiger partial charge in [-0.25, -0.2) is 0 Å². The van der Waals surface area contributed by atoms with Crippen molar-refractivity contribution in [1.82, 2.24) is 0 Å². The predicted molar refractivity (Wildman–Crippen MR) is 89.7 cm³/mol. The van der Waals surface area contributed by atoms with E-state index in [-0.39, 0.29) is 0 Å². The minimum atomic E-state index is 0.532. The molecule has 2 aromatic carbocycles. The predicted octanol–water partition coefficient (Wildman–Crippen LogP) is 6.09. The Morgan fingerprint density at radius 3 is 2.37 bits per heavy atom. The van der Waals surface area contributed by atoms with Crippen molar-refractivity contribution in [3.8, 4) is 0 Å². The molecule has 19 heavy (non-hydrogen) atoms. The van der Waals surface area contributed by atoms with Crippen LogP contribution in [0.3, 0.4) is 0 Å². The molecule has 0 saturated carbocycles. The summed E-state index contributed by atoms with van der Waals surface area (Å²) in [6, 6.07) is 12.2. The Balaban J connectivity index is 2.08. The highest BCUT2D eigenvalue weighted by atomic mass is 79.9. The summed E-state index contributed by atoms with van der Waals surface area (Å²) in [6.45, 7) is 0.715. The molecule has 0 spiro atoms. The minimum Gasteiger partial charge on any atom is -0.380 e. The van der Waals surface area contributed by atoms with Crippen molar-refractivity contribution < 1.29 is 0 Å². The Hall–Kier alpha value is -0.350. The molecule has 0 unspecified atom stereocenters. The van der Waals surface area contributed by atoms with Gasteiger partial charge in [-0.15, -0.1) is 11.8 Å². The summed E-state index contributed by atoms with van der Waals surface area (Å²) in [5.41, 5.74) is 2.04. The van der Waals surface area contributed by atoms with Crippen molar-refractivity contribution in [3.05, 3.63) is 56.5 Å². The first-order chi connectivity index (χ1) is 9.11. The van der Waals surface area contributed by atoms with Gasteiger partial charge >= 0.3 is 0 Å². The topological polar surface area (TPSA) is 12.0 Å². The van der Waals surface area contributed by atoms with Crippen LogP contribution in [0, 0.1) is 0 Å². The number of halogens is 3. The van der Waals surface area contributed by atoms with E-state index < -0.39 is 0 Å². The highest BCUT2D eigenvalue weighted by Crippen LogP contribution is 2.35. The van der Waals surface area contributed by atoms with Gasteiger partial charge in [-0.3, -0.25) is 0 Å². The van der Waals surface area contributed by atoms with E-state index in [1.54, 1.807) is 11.8 Å². The number of hydrogen-bond donors (Lipinski definition) is 1. The van der Waals surface area contributed by atoms with Gasteiger partial charge in [0, 0.05) is 15.9 Å². The molecule has 0 atom stereocenters. The fourth-order valence-corrected chi connectivity index (χ4v) is 2.85. The Labute approximate surface area is 135 Å². The zero-order chi connectivity index (χ0) is 13.8. The van der Waals surface area contributed by atoms with E-state index in [1.165, 1.54) is 10.5 Å². The summed E-state index contributed by atoms with van der Waals surface area (Å²) in [6.07, 6.45) is 2.07. The van der Waals surface area contributed by atoms with Gasteiger partial charge < -0.3 is 5.32 Å². The summed E-state index contributed by atoms with van der Waals surface area (Å²) in [5.74, 6) is 0. The van der Waals surface area contributed by atoms with E-state index in [1.807, 2.05) is 12.1 Å². The lowest BCUT2D eigenvalue weighted by molar-refractivity contribution is 1.14. The molecule has 5 heteroatoms. The Morgan fingerprint density at radius 2 is 1.74 bits per heavy atom. The maximum atomic E-state index is 6.18. The van der Waals surface area contributed by atoms with Crippen LogP contribution in [0.5, 0.6) is 0 Å². The minimum absolute atomic E-state index is 0.532.